The molecular formula is C20H14Cl2N2O. The number of benzene rings is 3. The van der Waals surface area contributed by atoms with Crippen LogP contribution in [-0.2, 0) is 6.61 Å². The summed E-state index contributed by atoms with van der Waals surface area (Å²) in [4.78, 5) is 10.8. The molecule has 0 radical (unpaired) electrons. The Kier molecular flexibility index (Phi) is 4.35. The van der Waals surface area contributed by atoms with Gasteiger partial charge in [-0.1, -0.05) is 71.7 Å². The summed E-state index contributed by atoms with van der Waals surface area (Å²) in [5.74, 6) is 0.727. The molecule has 4 rings (SSSR count). The minimum atomic E-state index is 0.331. The highest BCUT2D eigenvalue weighted by Crippen LogP contribution is 2.26. The van der Waals surface area contributed by atoms with Crippen molar-refractivity contribution < 1.29 is 4.84 Å². The molecule has 5 heteroatoms. The Morgan fingerprint density at radius 3 is 2.44 bits per heavy atom. The summed E-state index contributed by atoms with van der Waals surface area (Å²) >= 11 is 12.4. The van der Waals surface area contributed by atoms with Crippen molar-refractivity contribution in [2.75, 3.05) is 0 Å². The highest BCUT2D eigenvalue weighted by Gasteiger charge is 2.14. The smallest absolute Gasteiger partial charge is 0.176 e. The SMILES string of the molecule is Clc1ccc2nc(-c3ccccc3)n(OCc3ccccc3Cl)c2c1. The molecular weight excluding hydrogens is 355 g/mol. The van der Waals surface area contributed by atoms with Crippen LogP contribution < -0.4 is 4.84 Å². The van der Waals surface area contributed by atoms with Gasteiger partial charge in [-0.2, -0.15) is 4.73 Å². The van der Waals surface area contributed by atoms with Crippen LogP contribution in [0, 0.1) is 0 Å². The van der Waals surface area contributed by atoms with Crippen molar-refractivity contribution in [2.45, 2.75) is 6.61 Å². The monoisotopic (exact) mass is 368 g/mol. The number of halogens is 2. The lowest BCUT2D eigenvalue weighted by atomic mass is 10.2. The number of aromatic nitrogens is 2. The Morgan fingerprint density at radius 2 is 1.64 bits per heavy atom. The molecule has 0 amide bonds. The van der Waals surface area contributed by atoms with Crippen LogP contribution in [0.2, 0.25) is 10.0 Å². The van der Waals surface area contributed by atoms with Crippen molar-refractivity contribution >= 4 is 34.2 Å². The molecule has 1 heterocycles. The second-order valence-electron chi connectivity index (χ2n) is 5.59. The van der Waals surface area contributed by atoms with Gasteiger partial charge in [0, 0.05) is 21.2 Å². The first-order valence-corrected chi connectivity index (χ1v) is 8.58. The summed E-state index contributed by atoms with van der Waals surface area (Å²) in [6.07, 6.45) is 0. The molecule has 124 valence electrons. The molecule has 0 bridgehead atoms. The highest BCUT2D eigenvalue weighted by molar-refractivity contribution is 6.31. The Balaban J connectivity index is 1.80. The predicted octanol–water partition coefficient (Wildman–Crippen LogP) is 5.64. The van der Waals surface area contributed by atoms with Crippen molar-refractivity contribution in [3.8, 4) is 11.4 Å². The van der Waals surface area contributed by atoms with Gasteiger partial charge < -0.3 is 4.84 Å². The van der Waals surface area contributed by atoms with Crippen LogP contribution in [0.5, 0.6) is 0 Å². The summed E-state index contributed by atoms with van der Waals surface area (Å²) in [5.41, 5.74) is 3.52. The van der Waals surface area contributed by atoms with E-state index in [1.165, 1.54) is 0 Å². The number of imidazole rings is 1. The van der Waals surface area contributed by atoms with Crippen LogP contribution in [-0.4, -0.2) is 9.71 Å². The molecule has 0 saturated carbocycles. The first-order valence-electron chi connectivity index (χ1n) is 7.82. The molecule has 4 aromatic rings. The second kappa shape index (κ2) is 6.79. The van der Waals surface area contributed by atoms with Crippen molar-refractivity contribution in [1.29, 1.82) is 0 Å². The van der Waals surface area contributed by atoms with Gasteiger partial charge in [0.25, 0.3) is 0 Å². The van der Waals surface area contributed by atoms with Gasteiger partial charge in [0.1, 0.15) is 12.1 Å². The van der Waals surface area contributed by atoms with E-state index in [1.807, 2.05) is 72.8 Å². The number of rotatable bonds is 4. The van der Waals surface area contributed by atoms with E-state index in [0.29, 0.717) is 16.7 Å². The second-order valence-corrected chi connectivity index (χ2v) is 6.44. The number of fused-ring (bicyclic) bond motifs is 1. The fraction of sp³-hybridized carbons (Fsp3) is 0.0500. The lowest BCUT2D eigenvalue weighted by Crippen LogP contribution is -2.12. The molecule has 0 N–H and O–H groups in total. The molecule has 0 aliphatic carbocycles. The van der Waals surface area contributed by atoms with Gasteiger partial charge >= 0.3 is 0 Å². The van der Waals surface area contributed by atoms with Crippen LogP contribution in [0.1, 0.15) is 5.56 Å². The summed E-state index contributed by atoms with van der Waals surface area (Å²) in [5, 5.41) is 1.31. The number of hydrogen-bond acceptors (Lipinski definition) is 2. The summed E-state index contributed by atoms with van der Waals surface area (Å²) in [7, 11) is 0. The zero-order chi connectivity index (χ0) is 17.2. The first kappa shape index (κ1) is 16.0. The van der Waals surface area contributed by atoms with Crippen LogP contribution in [0.3, 0.4) is 0 Å². The molecule has 0 unspecified atom stereocenters. The molecule has 1 aromatic heterocycles. The Morgan fingerprint density at radius 1 is 0.880 bits per heavy atom. The van der Waals surface area contributed by atoms with E-state index in [0.717, 1.165) is 28.0 Å². The summed E-state index contributed by atoms with van der Waals surface area (Å²) in [6.45, 7) is 0.331. The molecule has 0 fully saturated rings. The van der Waals surface area contributed by atoms with Crippen molar-refractivity contribution in [3.63, 3.8) is 0 Å². The first-order chi connectivity index (χ1) is 12.2. The topological polar surface area (TPSA) is 27.1 Å². The Labute approximate surface area is 155 Å². The maximum Gasteiger partial charge on any atom is 0.176 e. The van der Waals surface area contributed by atoms with Gasteiger partial charge in [0.2, 0.25) is 0 Å². The van der Waals surface area contributed by atoms with E-state index in [2.05, 4.69) is 0 Å². The number of hydrogen-bond donors (Lipinski definition) is 0. The zero-order valence-electron chi connectivity index (χ0n) is 13.2. The normalized spacial score (nSPS) is 11.0. The zero-order valence-corrected chi connectivity index (χ0v) is 14.7. The fourth-order valence-electron chi connectivity index (χ4n) is 2.68. The predicted molar refractivity (Wildman–Crippen MR) is 102 cm³/mol. The molecule has 3 nitrogen and oxygen atoms in total. The Hall–Kier alpha value is -2.49. The van der Waals surface area contributed by atoms with Crippen LogP contribution in [0.15, 0.2) is 72.8 Å². The van der Waals surface area contributed by atoms with E-state index >= 15 is 0 Å². The van der Waals surface area contributed by atoms with Gasteiger partial charge in [0.05, 0.1) is 5.52 Å². The minimum Gasteiger partial charge on any atom is -0.407 e. The quantitative estimate of drug-likeness (QED) is 0.466. The largest absolute Gasteiger partial charge is 0.407 e. The van der Waals surface area contributed by atoms with Crippen molar-refractivity contribution in [2.24, 2.45) is 0 Å². The summed E-state index contributed by atoms with van der Waals surface area (Å²) in [6, 6.07) is 23.1. The molecule has 0 aliphatic heterocycles. The van der Waals surface area contributed by atoms with Gasteiger partial charge in [-0.15, -0.1) is 0 Å². The average molecular weight is 369 g/mol. The van der Waals surface area contributed by atoms with E-state index in [1.54, 1.807) is 4.73 Å². The molecule has 0 spiro atoms. The maximum atomic E-state index is 6.24. The van der Waals surface area contributed by atoms with Crippen LogP contribution >= 0.6 is 23.2 Å². The van der Waals surface area contributed by atoms with E-state index in [-0.39, 0.29) is 0 Å². The van der Waals surface area contributed by atoms with Crippen molar-refractivity contribution in [3.05, 3.63) is 88.4 Å². The Bertz CT molecular complexity index is 1030. The molecule has 0 aliphatic rings. The highest BCUT2D eigenvalue weighted by atomic mass is 35.5. The molecule has 25 heavy (non-hydrogen) atoms. The van der Waals surface area contributed by atoms with E-state index in [4.69, 9.17) is 33.0 Å². The lowest BCUT2D eigenvalue weighted by molar-refractivity contribution is 0.110. The van der Waals surface area contributed by atoms with Crippen molar-refractivity contribution in [1.82, 2.24) is 9.71 Å². The molecule has 3 aromatic carbocycles. The minimum absolute atomic E-state index is 0.331. The van der Waals surface area contributed by atoms with Crippen LogP contribution in [0.4, 0.5) is 0 Å². The molecule has 0 saturated heterocycles. The average Bonchev–Trinajstić information content (AvgIpc) is 2.99. The molecule has 0 atom stereocenters. The van der Waals surface area contributed by atoms with E-state index in [9.17, 15) is 0 Å². The number of nitrogens with zero attached hydrogens (tertiary/aromatic N) is 2. The third-order valence-corrected chi connectivity index (χ3v) is 4.52. The van der Waals surface area contributed by atoms with Gasteiger partial charge in [0.15, 0.2) is 5.82 Å². The summed E-state index contributed by atoms with van der Waals surface area (Å²) < 4.78 is 1.72. The van der Waals surface area contributed by atoms with Crippen LogP contribution in [0.25, 0.3) is 22.4 Å². The third kappa shape index (κ3) is 3.21. The van der Waals surface area contributed by atoms with Gasteiger partial charge in [-0.25, -0.2) is 4.98 Å². The lowest BCUT2D eigenvalue weighted by Gasteiger charge is -2.12. The fourth-order valence-corrected chi connectivity index (χ4v) is 3.03. The van der Waals surface area contributed by atoms with E-state index < -0.39 is 0 Å². The van der Waals surface area contributed by atoms with Gasteiger partial charge in [-0.3, -0.25) is 0 Å². The van der Waals surface area contributed by atoms with Gasteiger partial charge in [-0.05, 0) is 24.3 Å². The maximum absolute atomic E-state index is 6.24. The standard InChI is InChI=1S/C20H14Cl2N2O/c21-16-10-11-18-19(12-16)24(20(23-18)14-6-2-1-3-7-14)25-13-15-8-4-5-9-17(15)22/h1-12H,13H2. The third-order valence-electron chi connectivity index (χ3n) is 3.91.